The van der Waals surface area contributed by atoms with Crippen molar-refractivity contribution < 1.29 is 22.7 Å². The monoisotopic (exact) mass is 439 g/mol. The van der Waals surface area contributed by atoms with Gasteiger partial charge in [-0.1, -0.05) is 41.6 Å². The maximum Gasteiger partial charge on any atom is 0.416 e. The largest absolute Gasteiger partial charge is 0.461 e. The van der Waals surface area contributed by atoms with Crippen molar-refractivity contribution in [2.24, 2.45) is 0 Å². The van der Waals surface area contributed by atoms with E-state index in [9.17, 15) is 18.0 Å². The molecule has 0 atom stereocenters. The van der Waals surface area contributed by atoms with Crippen LogP contribution in [-0.2, 0) is 10.9 Å². The van der Waals surface area contributed by atoms with Gasteiger partial charge in [0.15, 0.2) is 5.82 Å². The number of alkyl halides is 3. The van der Waals surface area contributed by atoms with Crippen LogP contribution in [-0.4, -0.2) is 27.8 Å². The zero-order chi connectivity index (χ0) is 21.0. The van der Waals surface area contributed by atoms with Gasteiger partial charge in [0.2, 0.25) is 5.69 Å². The van der Waals surface area contributed by atoms with E-state index < -0.39 is 17.7 Å². The third-order valence-corrected chi connectivity index (χ3v) is 4.78. The molecule has 0 aliphatic heterocycles. The molecule has 1 aromatic heterocycles. The third kappa shape index (κ3) is 5.24. The van der Waals surface area contributed by atoms with Crippen LogP contribution in [0.3, 0.4) is 0 Å². The molecule has 0 amide bonds. The average Bonchev–Trinajstić information content (AvgIpc) is 2.67. The minimum absolute atomic E-state index is 0.0475. The number of hydrogen-bond acceptors (Lipinski definition) is 6. The lowest BCUT2D eigenvalue weighted by Crippen LogP contribution is -2.12. The minimum atomic E-state index is -4.51. The number of aromatic nitrogens is 3. The zero-order valence-corrected chi connectivity index (χ0v) is 16.5. The zero-order valence-electron chi connectivity index (χ0n) is 14.9. The summed E-state index contributed by atoms with van der Waals surface area (Å²) in [4.78, 5) is 17.1. The predicted molar refractivity (Wildman–Crippen MR) is 102 cm³/mol. The first-order chi connectivity index (χ1) is 13.8. The number of benzene rings is 2. The maximum atomic E-state index is 13.0. The summed E-state index contributed by atoms with van der Waals surface area (Å²) in [6.07, 6.45) is -4.51. The lowest BCUT2D eigenvalue weighted by molar-refractivity contribution is -0.137. The van der Waals surface area contributed by atoms with Gasteiger partial charge in [-0.15, -0.1) is 10.2 Å². The van der Waals surface area contributed by atoms with E-state index >= 15 is 0 Å². The van der Waals surface area contributed by atoms with Crippen LogP contribution in [0.1, 0.15) is 23.0 Å². The second kappa shape index (κ2) is 8.79. The standard InChI is InChI=1S/C19H13ClF3N3O2S/c1-2-28-18(27)15-17(29-14-8-4-7-13(20)10-14)24-16(26-25-15)11-5-3-6-12(9-11)19(21,22)23/h3-10H,2H2,1H3. The highest BCUT2D eigenvalue weighted by molar-refractivity contribution is 7.99. The molecule has 3 aromatic rings. The van der Waals surface area contributed by atoms with Gasteiger partial charge in [-0.3, -0.25) is 0 Å². The Balaban J connectivity index is 2.05. The summed E-state index contributed by atoms with van der Waals surface area (Å²) >= 11 is 7.07. The van der Waals surface area contributed by atoms with Crippen molar-refractivity contribution in [1.29, 1.82) is 0 Å². The normalized spacial score (nSPS) is 11.3. The van der Waals surface area contributed by atoms with E-state index in [0.717, 1.165) is 23.9 Å². The van der Waals surface area contributed by atoms with Crippen LogP contribution in [0.2, 0.25) is 5.02 Å². The number of halogens is 4. The maximum absolute atomic E-state index is 13.0. The van der Waals surface area contributed by atoms with Crippen molar-refractivity contribution in [3.05, 3.63) is 64.8 Å². The van der Waals surface area contributed by atoms with Gasteiger partial charge in [-0.25, -0.2) is 9.78 Å². The Morgan fingerprint density at radius 1 is 1.14 bits per heavy atom. The fraction of sp³-hybridized carbons (Fsp3) is 0.158. The molecule has 0 N–H and O–H groups in total. The summed E-state index contributed by atoms with van der Waals surface area (Å²) in [7, 11) is 0. The molecule has 0 aliphatic rings. The van der Waals surface area contributed by atoms with Crippen molar-refractivity contribution in [2.45, 2.75) is 23.0 Å². The van der Waals surface area contributed by atoms with Crippen LogP contribution in [0.5, 0.6) is 0 Å². The van der Waals surface area contributed by atoms with Crippen molar-refractivity contribution in [3.8, 4) is 11.4 Å². The van der Waals surface area contributed by atoms with E-state index in [1.165, 1.54) is 12.1 Å². The van der Waals surface area contributed by atoms with Gasteiger partial charge in [0.05, 0.1) is 12.2 Å². The van der Waals surface area contributed by atoms with E-state index in [0.29, 0.717) is 9.92 Å². The number of hydrogen-bond donors (Lipinski definition) is 0. The van der Waals surface area contributed by atoms with E-state index in [1.807, 2.05) is 0 Å². The average molecular weight is 440 g/mol. The van der Waals surface area contributed by atoms with Crippen LogP contribution in [0, 0.1) is 0 Å². The lowest BCUT2D eigenvalue weighted by Gasteiger charge is -2.10. The molecule has 0 aliphatic carbocycles. The van der Waals surface area contributed by atoms with Crippen LogP contribution in [0.15, 0.2) is 58.5 Å². The molecule has 10 heteroatoms. The lowest BCUT2D eigenvalue weighted by atomic mass is 10.1. The number of nitrogens with zero attached hydrogens (tertiary/aromatic N) is 3. The van der Waals surface area contributed by atoms with Gasteiger partial charge in [-0.2, -0.15) is 13.2 Å². The van der Waals surface area contributed by atoms with Gasteiger partial charge >= 0.3 is 12.1 Å². The van der Waals surface area contributed by atoms with E-state index in [-0.39, 0.29) is 28.7 Å². The molecule has 1 heterocycles. The van der Waals surface area contributed by atoms with E-state index in [4.69, 9.17) is 16.3 Å². The summed E-state index contributed by atoms with van der Waals surface area (Å²) in [5, 5.41) is 8.31. The van der Waals surface area contributed by atoms with Crippen molar-refractivity contribution >= 4 is 29.3 Å². The van der Waals surface area contributed by atoms with Crippen LogP contribution in [0.4, 0.5) is 13.2 Å². The van der Waals surface area contributed by atoms with Crippen molar-refractivity contribution in [2.75, 3.05) is 6.61 Å². The molecule has 0 saturated carbocycles. The summed E-state index contributed by atoms with van der Waals surface area (Å²) < 4.78 is 44.0. The highest BCUT2D eigenvalue weighted by atomic mass is 35.5. The fourth-order valence-electron chi connectivity index (χ4n) is 2.31. The quantitative estimate of drug-likeness (QED) is 0.486. The summed E-state index contributed by atoms with van der Waals surface area (Å²) in [6.45, 7) is 1.76. The first kappa shape index (κ1) is 21.1. The summed E-state index contributed by atoms with van der Waals surface area (Å²) in [5.74, 6) is -0.777. The number of ether oxygens (including phenoxy) is 1. The van der Waals surface area contributed by atoms with E-state index in [2.05, 4.69) is 15.2 Å². The molecule has 5 nitrogen and oxygen atoms in total. The molecular weight excluding hydrogens is 427 g/mol. The molecule has 29 heavy (non-hydrogen) atoms. The second-order valence-corrected chi connectivity index (χ2v) is 7.15. The molecule has 0 fully saturated rings. The molecule has 150 valence electrons. The first-order valence-electron chi connectivity index (χ1n) is 8.31. The number of esters is 1. The molecule has 0 unspecified atom stereocenters. The van der Waals surface area contributed by atoms with Crippen LogP contribution < -0.4 is 0 Å². The predicted octanol–water partition coefficient (Wildman–Crippen LogP) is 5.54. The Bertz CT molecular complexity index is 1050. The van der Waals surface area contributed by atoms with Crippen LogP contribution in [0.25, 0.3) is 11.4 Å². The van der Waals surface area contributed by atoms with Crippen LogP contribution >= 0.6 is 23.4 Å². The molecule has 0 radical (unpaired) electrons. The van der Waals surface area contributed by atoms with Gasteiger partial charge < -0.3 is 4.74 Å². The number of carbonyl (C=O) groups is 1. The SMILES string of the molecule is CCOC(=O)c1nnc(-c2cccc(C(F)(F)F)c2)nc1Sc1cccc(Cl)c1. The van der Waals surface area contributed by atoms with Gasteiger partial charge in [-0.05, 0) is 37.3 Å². The Morgan fingerprint density at radius 3 is 2.59 bits per heavy atom. The Labute approximate surface area is 173 Å². The highest BCUT2D eigenvalue weighted by Crippen LogP contribution is 2.33. The van der Waals surface area contributed by atoms with Crippen molar-refractivity contribution in [3.63, 3.8) is 0 Å². The molecule has 0 bridgehead atoms. The Morgan fingerprint density at radius 2 is 1.90 bits per heavy atom. The van der Waals surface area contributed by atoms with E-state index in [1.54, 1.807) is 31.2 Å². The number of rotatable bonds is 5. The Hall–Kier alpha value is -2.65. The molecule has 0 spiro atoms. The fourth-order valence-corrected chi connectivity index (χ4v) is 3.47. The number of carbonyl (C=O) groups excluding carboxylic acids is 1. The van der Waals surface area contributed by atoms with Gasteiger partial charge in [0.25, 0.3) is 0 Å². The molecular formula is C19H13ClF3N3O2S. The minimum Gasteiger partial charge on any atom is -0.461 e. The first-order valence-corrected chi connectivity index (χ1v) is 9.50. The van der Waals surface area contributed by atoms with Gasteiger partial charge in [0, 0.05) is 15.5 Å². The second-order valence-electron chi connectivity index (χ2n) is 5.65. The smallest absolute Gasteiger partial charge is 0.416 e. The third-order valence-electron chi connectivity index (χ3n) is 3.58. The summed E-state index contributed by atoms with van der Waals surface area (Å²) in [5.41, 5.74) is -0.847. The molecule has 0 saturated heterocycles. The molecule has 3 rings (SSSR count). The van der Waals surface area contributed by atoms with Crippen molar-refractivity contribution in [1.82, 2.24) is 15.2 Å². The molecule has 2 aromatic carbocycles. The van der Waals surface area contributed by atoms with Gasteiger partial charge in [0.1, 0.15) is 5.03 Å². The summed E-state index contributed by atoms with van der Waals surface area (Å²) in [6, 6.07) is 11.4. The topological polar surface area (TPSA) is 65.0 Å². The Kier molecular flexibility index (Phi) is 6.39. The highest BCUT2D eigenvalue weighted by Gasteiger charge is 2.31.